The Morgan fingerprint density at radius 2 is 1.94 bits per heavy atom. The van der Waals surface area contributed by atoms with Gasteiger partial charge in [-0.05, 0) is 31.4 Å². The second kappa shape index (κ2) is 4.32. The van der Waals surface area contributed by atoms with Gasteiger partial charge in [0, 0.05) is 5.69 Å². The van der Waals surface area contributed by atoms with Gasteiger partial charge in [0.1, 0.15) is 10.5 Å². The second-order valence-electron chi connectivity index (χ2n) is 5.05. The molecule has 0 spiro atoms. The van der Waals surface area contributed by atoms with Crippen LogP contribution in [0.4, 0.5) is 0 Å². The van der Waals surface area contributed by atoms with E-state index < -0.39 is 0 Å². The minimum Gasteiger partial charge on any atom is -0.347 e. The number of hydrogen-bond acceptors (Lipinski definition) is 2. The van der Waals surface area contributed by atoms with Crippen LogP contribution in [0.3, 0.4) is 0 Å². The highest BCUT2D eigenvalue weighted by atomic mass is 32.1. The first-order valence-electron chi connectivity index (χ1n) is 6.35. The standard InChI is InChI=1S/C15H16N2S/c1-11-10-13(18)17-14(16-11)15(8-5-9-15)12-6-3-2-4-7-12/h2-4,6-7,10H,5,8-9H2,1H3,(H,16,17,18). The number of aromatic amines is 1. The Morgan fingerprint density at radius 3 is 2.50 bits per heavy atom. The number of hydrogen-bond donors (Lipinski definition) is 1. The first-order valence-corrected chi connectivity index (χ1v) is 6.75. The number of rotatable bonds is 2. The van der Waals surface area contributed by atoms with E-state index in [2.05, 4.69) is 40.3 Å². The zero-order chi connectivity index (χ0) is 12.6. The van der Waals surface area contributed by atoms with Crippen LogP contribution in [0, 0.1) is 11.6 Å². The summed E-state index contributed by atoms with van der Waals surface area (Å²) in [5, 5.41) is 0. The molecule has 0 bridgehead atoms. The molecule has 2 aromatic rings. The Labute approximate surface area is 112 Å². The third-order valence-corrected chi connectivity index (χ3v) is 4.07. The molecule has 18 heavy (non-hydrogen) atoms. The zero-order valence-corrected chi connectivity index (χ0v) is 11.3. The van der Waals surface area contributed by atoms with Gasteiger partial charge in [-0.2, -0.15) is 0 Å². The first kappa shape index (κ1) is 11.6. The molecule has 1 aliphatic carbocycles. The van der Waals surface area contributed by atoms with E-state index in [0.29, 0.717) is 4.64 Å². The fraction of sp³-hybridized carbons (Fsp3) is 0.333. The molecule has 3 heteroatoms. The third-order valence-electron chi connectivity index (χ3n) is 3.86. The zero-order valence-electron chi connectivity index (χ0n) is 10.4. The highest BCUT2D eigenvalue weighted by Crippen LogP contribution is 2.47. The monoisotopic (exact) mass is 256 g/mol. The summed E-state index contributed by atoms with van der Waals surface area (Å²) < 4.78 is 0.684. The van der Waals surface area contributed by atoms with Gasteiger partial charge in [-0.25, -0.2) is 4.98 Å². The molecule has 1 fully saturated rings. The minimum atomic E-state index is 0.0564. The fourth-order valence-electron chi connectivity index (χ4n) is 2.75. The molecule has 1 saturated carbocycles. The number of benzene rings is 1. The van der Waals surface area contributed by atoms with E-state index in [4.69, 9.17) is 12.2 Å². The van der Waals surface area contributed by atoms with Gasteiger partial charge in [0.2, 0.25) is 0 Å². The van der Waals surface area contributed by atoms with Crippen LogP contribution in [0.25, 0.3) is 0 Å². The smallest absolute Gasteiger partial charge is 0.130 e. The average Bonchev–Trinajstić information content (AvgIpc) is 2.27. The SMILES string of the molecule is Cc1cc(=S)nc(C2(c3ccccc3)CCC2)[nH]1. The number of nitrogens with zero attached hydrogens (tertiary/aromatic N) is 1. The van der Waals surface area contributed by atoms with Crippen molar-refractivity contribution in [1.29, 1.82) is 0 Å². The van der Waals surface area contributed by atoms with Crippen LogP contribution < -0.4 is 0 Å². The summed E-state index contributed by atoms with van der Waals surface area (Å²) in [6.07, 6.45) is 3.56. The molecular formula is C15H16N2S. The Bertz CT molecular complexity index is 612. The highest BCUT2D eigenvalue weighted by Gasteiger charge is 2.42. The molecule has 0 radical (unpaired) electrons. The summed E-state index contributed by atoms with van der Waals surface area (Å²) in [4.78, 5) is 7.98. The topological polar surface area (TPSA) is 28.7 Å². The molecule has 0 unspecified atom stereocenters. The van der Waals surface area contributed by atoms with Crippen LogP contribution in [0.15, 0.2) is 36.4 Å². The summed E-state index contributed by atoms with van der Waals surface area (Å²) in [6, 6.07) is 12.6. The van der Waals surface area contributed by atoms with Gasteiger partial charge in [-0.3, -0.25) is 0 Å². The van der Waals surface area contributed by atoms with Crippen molar-refractivity contribution in [2.24, 2.45) is 0 Å². The van der Waals surface area contributed by atoms with Crippen LogP contribution in [-0.2, 0) is 5.41 Å². The Hall–Kier alpha value is -1.48. The fourth-order valence-corrected chi connectivity index (χ4v) is 3.02. The molecule has 1 heterocycles. The summed E-state index contributed by atoms with van der Waals surface area (Å²) in [5.41, 5.74) is 2.49. The van der Waals surface area contributed by atoms with E-state index in [0.717, 1.165) is 24.4 Å². The number of nitrogens with one attached hydrogen (secondary N) is 1. The predicted molar refractivity (Wildman–Crippen MR) is 75.2 cm³/mol. The van der Waals surface area contributed by atoms with E-state index in [-0.39, 0.29) is 5.41 Å². The first-order chi connectivity index (χ1) is 8.71. The van der Waals surface area contributed by atoms with Crippen LogP contribution in [0.5, 0.6) is 0 Å². The maximum absolute atomic E-state index is 5.25. The predicted octanol–water partition coefficient (Wildman–Crippen LogP) is 3.92. The van der Waals surface area contributed by atoms with Crippen molar-refractivity contribution in [2.75, 3.05) is 0 Å². The van der Waals surface area contributed by atoms with Crippen molar-refractivity contribution in [1.82, 2.24) is 9.97 Å². The van der Waals surface area contributed by atoms with Gasteiger partial charge in [0.15, 0.2) is 0 Å². The van der Waals surface area contributed by atoms with Gasteiger partial charge in [-0.15, -0.1) is 0 Å². The van der Waals surface area contributed by atoms with Crippen LogP contribution in [0.1, 0.15) is 36.3 Å². The average molecular weight is 256 g/mol. The van der Waals surface area contributed by atoms with Crippen molar-refractivity contribution in [3.8, 4) is 0 Å². The minimum absolute atomic E-state index is 0.0564. The number of H-pyrrole nitrogens is 1. The van der Waals surface area contributed by atoms with Gasteiger partial charge in [0.05, 0.1) is 5.41 Å². The molecule has 2 nitrogen and oxygen atoms in total. The molecule has 1 aromatic heterocycles. The quantitative estimate of drug-likeness (QED) is 0.825. The van der Waals surface area contributed by atoms with Gasteiger partial charge >= 0.3 is 0 Å². The van der Waals surface area contributed by atoms with E-state index >= 15 is 0 Å². The van der Waals surface area contributed by atoms with Crippen molar-refractivity contribution >= 4 is 12.2 Å². The normalized spacial score (nSPS) is 17.2. The van der Waals surface area contributed by atoms with E-state index in [1.165, 1.54) is 12.0 Å². The summed E-state index contributed by atoms with van der Waals surface area (Å²) in [5.74, 6) is 1.03. The van der Waals surface area contributed by atoms with E-state index in [9.17, 15) is 0 Å². The Morgan fingerprint density at radius 1 is 1.22 bits per heavy atom. The van der Waals surface area contributed by atoms with Crippen LogP contribution >= 0.6 is 12.2 Å². The van der Waals surface area contributed by atoms with Crippen molar-refractivity contribution in [3.63, 3.8) is 0 Å². The highest BCUT2D eigenvalue weighted by molar-refractivity contribution is 7.71. The lowest BCUT2D eigenvalue weighted by atomic mass is 9.64. The molecule has 3 rings (SSSR count). The molecule has 1 aliphatic rings. The second-order valence-corrected chi connectivity index (χ2v) is 5.47. The summed E-state index contributed by atoms with van der Waals surface area (Å²) >= 11 is 5.25. The maximum Gasteiger partial charge on any atom is 0.130 e. The molecule has 1 N–H and O–H groups in total. The van der Waals surface area contributed by atoms with Gasteiger partial charge < -0.3 is 4.98 Å². The third kappa shape index (κ3) is 1.79. The lowest BCUT2D eigenvalue weighted by molar-refractivity contribution is 0.284. The van der Waals surface area contributed by atoms with Gasteiger partial charge in [0.25, 0.3) is 0 Å². The molecule has 0 amide bonds. The van der Waals surface area contributed by atoms with Crippen molar-refractivity contribution in [2.45, 2.75) is 31.6 Å². The molecule has 1 aromatic carbocycles. The molecule has 0 saturated heterocycles. The molecule has 0 atom stereocenters. The summed E-state index contributed by atoms with van der Waals surface area (Å²) in [6.45, 7) is 2.04. The van der Waals surface area contributed by atoms with E-state index in [1.807, 2.05) is 13.0 Å². The largest absolute Gasteiger partial charge is 0.347 e. The number of aryl methyl sites for hydroxylation is 1. The molecule has 0 aliphatic heterocycles. The molecule has 92 valence electrons. The Kier molecular flexibility index (Phi) is 2.78. The summed E-state index contributed by atoms with van der Waals surface area (Å²) in [7, 11) is 0. The van der Waals surface area contributed by atoms with Gasteiger partial charge in [-0.1, -0.05) is 49.0 Å². The van der Waals surface area contributed by atoms with Crippen molar-refractivity contribution < 1.29 is 0 Å². The lowest BCUT2D eigenvalue weighted by Gasteiger charge is -2.41. The molecular weight excluding hydrogens is 240 g/mol. The Balaban J connectivity index is 2.15. The van der Waals surface area contributed by atoms with Crippen LogP contribution in [0.2, 0.25) is 0 Å². The van der Waals surface area contributed by atoms with E-state index in [1.54, 1.807) is 0 Å². The lowest BCUT2D eigenvalue weighted by Crippen LogP contribution is -2.37. The maximum atomic E-state index is 5.25. The number of aromatic nitrogens is 2. The van der Waals surface area contributed by atoms with Crippen LogP contribution in [-0.4, -0.2) is 9.97 Å². The van der Waals surface area contributed by atoms with Crippen molar-refractivity contribution in [3.05, 3.63) is 58.1 Å².